The maximum absolute atomic E-state index is 12.5. The van der Waals surface area contributed by atoms with E-state index in [1.807, 2.05) is 6.07 Å². The van der Waals surface area contributed by atoms with Crippen LogP contribution in [-0.2, 0) is 11.8 Å². The molecule has 0 atom stereocenters. The summed E-state index contributed by atoms with van der Waals surface area (Å²) in [6.07, 6.45) is 5.85. The third-order valence-corrected chi connectivity index (χ3v) is 6.35. The number of carbonyl (C=O) groups is 1. The van der Waals surface area contributed by atoms with E-state index in [0.717, 1.165) is 68.7 Å². The molecule has 0 amide bonds. The molecule has 1 spiro atoms. The average Bonchev–Trinajstić information content (AvgIpc) is 3.47. The first-order valence-corrected chi connectivity index (χ1v) is 9.65. The zero-order valence-electron chi connectivity index (χ0n) is 15.1. The number of rotatable bonds is 3. The number of aromatic nitrogens is 3. The minimum atomic E-state index is -1.01. The van der Waals surface area contributed by atoms with Gasteiger partial charge in [-0.2, -0.15) is 0 Å². The second kappa shape index (κ2) is 5.90. The van der Waals surface area contributed by atoms with Gasteiger partial charge in [-0.15, -0.1) is 0 Å². The Morgan fingerprint density at radius 2 is 1.96 bits per heavy atom. The van der Waals surface area contributed by atoms with Crippen LogP contribution in [0.2, 0.25) is 0 Å². The third kappa shape index (κ3) is 2.72. The maximum Gasteiger partial charge on any atom is 0.354 e. The van der Waals surface area contributed by atoms with E-state index >= 15 is 0 Å². The van der Waals surface area contributed by atoms with E-state index in [2.05, 4.69) is 14.9 Å². The summed E-state index contributed by atoms with van der Waals surface area (Å²) in [7, 11) is 0. The number of pyridine rings is 1. The number of piperidine rings is 1. The van der Waals surface area contributed by atoms with E-state index < -0.39 is 5.97 Å². The summed E-state index contributed by atoms with van der Waals surface area (Å²) in [5.41, 5.74) is 2.01. The summed E-state index contributed by atoms with van der Waals surface area (Å²) in [6, 6.07) is 5.12. The summed E-state index contributed by atoms with van der Waals surface area (Å²) >= 11 is 0. The first kappa shape index (κ1) is 16.5. The van der Waals surface area contributed by atoms with Crippen LogP contribution in [0.25, 0.3) is 0 Å². The van der Waals surface area contributed by atoms with Crippen LogP contribution in [0, 0.1) is 0 Å². The molecule has 0 radical (unpaired) electrons. The van der Waals surface area contributed by atoms with Gasteiger partial charge in [0.2, 0.25) is 0 Å². The predicted molar refractivity (Wildman–Crippen MR) is 99.5 cm³/mol. The van der Waals surface area contributed by atoms with Crippen LogP contribution in [0.4, 0.5) is 5.82 Å². The second-order valence-electron chi connectivity index (χ2n) is 8.01. The summed E-state index contributed by atoms with van der Waals surface area (Å²) in [5, 5.41) is 9.16. The smallest absolute Gasteiger partial charge is 0.354 e. The summed E-state index contributed by atoms with van der Waals surface area (Å²) < 4.78 is 0. The molecule has 3 heterocycles. The highest BCUT2D eigenvalue weighted by Gasteiger charge is 2.44. The molecule has 2 fully saturated rings. The van der Waals surface area contributed by atoms with Gasteiger partial charge in [-0.05, 0) is 50.7 Å². The van der Waals surface area contributed by atoms with Crippen molar-refractivity contribution in [2.75, 3.05) is 18.0 Å². The molecule has 0 aromatic carbocycles. The molecule has 1 saturated carbocycles. The van der Waals surface area contributed by atoms with Gasteiger partial charge in [0.1, 0.15) is 11.6 Å². The lowest BCUT2D eigenvalue weighted by Gasteiger charge is -2.40. The number of fused-ring (bicyclic) bond motifs is 2. The van der Waals surface area contributed by atoms with Gasteiger partial charge in [0.25, 0.3) is 5.56 Å². The maximum atomic E-state index is 12.5. The Morgan fingerprint density at radius 1 is 1.19 bits per heavy atom. The second-order valence-corrected chi connectivity index (χ2v) is 8.01. The fourth-order valence-electron chi connectivity index (χ4n) is 4.59. The molecule has 2 aliphatic carbocycles. The monoisotopic (exact) mass is 366 g/mol. The molecule has 7 heteroatoms. The van der Waals surface area contributed by atoms with E-state index in [4.69, 9.17) is 10.1 Å². The molecule has 2 aromatic rings. The molecular formula is C20H22N4O3. The Balaban J connectivity index is 1.41. The number of H-pyrrole nitrogens is 1. The number of hydrogen-bond acceptors (Lipinski definition) is 5. The number of hydrogen-bond donors (Lipinski definition) is 2. The van der Waals surface area contributed by atoms with Gasteiger partial charge in [0.15, 0.2) is 5.69 Å². The van der Waals surface area contributed by atoms with Gasteiger partial charge in [-0.3, -0.25) is 4.79 Å². The van der Waals surface area contributed by atoms with Crippen molar-refractivity contribution in [1.82, 2.24) is 15.0 Å². The van der Waals surface area contributed by atoms with E-state index in [-0.39, 0.29) is 16.7 Å². The number of anilines is 1. The molecule has 1 saturated heterocycles. The lowest BCUT2D eigenvalue weighted by atomic mass is 9.76. The van der Waals surface area contributed by atoms with Crippen LogP contribution in [0.15, 0.2) is 23.0 Å². The Labute approximate surface area is 156 Å². The largest absolute Gasteiger partial charge is 0.477 e. The predicted octanol–water partition coefficient (Wildman–Crippen LogP) is 2.22. The van der Waals surface area contributed by atoms with Crippen molar-refractivity contribution in [3.63, 3.8) is 0 Å². The standard InChI is InChI=1S/C20H22N4O3/c25-18-13-6-7-20(16(13)22-17(23-18)12-4-5-12)8-10-24(11-9-20)15-3-1-2-14(21-15)19(26)27/h1-3,12H,4-11H2,(H,26,27)(H,22,23,25). The van der Waals surface area contributed by atoms with Crippen molar-refractivity contribution in [3.05, 3.63) is 51.3 Å². The van der Waals surface area contributed by atoms with Gasteiger partial charge >= 0.3 is 5.97 Å². The summed E-state index contributed by atoms with van der Waals surface area (Å²) in [4.78, 5) is 38.0. The van der Waals surface area contributed by atoms with Gasteiger partial charge in [-0.1, -0.05) is 6.07 Å². The Kier molecular flexibility index (Phi) is 3.60. The Morgan fingerprint density at radius 3 is 2.67 bits per heavy atom. The van der Waals surface area contributed by atoms with Gasteiger partial charge in [0.05, 0.1) is 5.69 Å². The normalized spacial score (nSPS) is 20.7. The van der Waals surface area contributed by atoms with Gasteiger partial charge < -0.3 is 15.0 Å². The van der Waals surface area contributed by atoms with E-state index in [0.29, 0.717) is 11.7 Å². The first-order chi connectivity index (χ1) is 13.1. The highest BCUT2D eigenvalue weighted by atomic mass is 16.4. The number of carboxylic acid groups (broad SMARTS) is 1. The van der Waals surface area contributed by atoms with Crippen LogP contribution in [-0.4, -0.2) is 39.1 Å². The zero-order chi connectivity index (χ0) is 18.6. The third-order valence-electron chi connectivity index (χ3n) is 6.35. The molecule has 0 unspecified atom stereocenters. The van der Waals surface area contributed by atoms with Gasteiger partial charge in [-0.25, -0.2) is 14.8 Å². The molecule has 2 aromatic heterocycles. The average molecular weight is 366 g/mol. The van der Waals surface area contributed by atoms with Crippen LogP contribution in [0.3, 0.4) is 0 Å². The lowest BCUT2D eigenvalue weighted by Crippen LogP contribution is -2.42. The lowest BCUT2D eigenvalue weighted by molar-refractivity contribution is 0.0690. The zero-order valence-corrected chi connectivity index (χ0v) is 15.1. The van der Waals surface area contributed by atoms with Crippen molar-refractivity contribution >= 4 is 11.8 Å². The first-order valence-electron chi connectivity index (χ1n) is 9.65. The molecule has 0 bridgehead atoms. The fourth-order valence-corrected chi connectivity index (χ4v) is 4.59. The minimum Gasteiger partial charge on any atom is -0.477 e. The quantitative estimate of drug-likeness (QED) is 0.864. The highest BCUT2D eigenvalue weighted by molar-refractivity contribution is 5.85. The molecule has 27 heavy (non-hydrogen) atoms. The van der Waals surface area contributed by atoms with Crippen molar-refractivity contribution in [2.24, 2.45) is 0 Å². The van der Waals surface area contributed by atoms with Crippen molar-refractivity contribution in [1.29, 1.82) is 0 Å². The number of aromatic carboxylic acids is 1. The number of nitrogens with one attached hydrogen (secondary N) is 1. The van der Waals surface area contributed by atoms with E-state index in [9.17, 15) is 9.59 Å². The van der Waals surface area contributed by atoms with Crippen molar-refractivity contribution < 1.29 is 9.90 Å². The summed E-state index contributed by atoms with van der Waals surface area (Å²) in [6.45, 7) is 1.59. The minimum absolute atomic E-state index is 0.0197. The van der Waals surface area contributed by atoms with Crippen LogP contribution < -0.4 is 10.5 Å². The number of nitrogens with zero attached hydrogens (tertiary/aromatic N) is 3. The van der Waals surface area contributed by atoms with Crippen LogP contribution in [0.1, 0.15) is 65.6 Å². The Bertz CT molecular complexity index is 971. The number of aromatic amines is 1. The molecule has 1 aliphatic heterocycles. The molecular weight excluding hydrogens is 344 g/mol. The molecule has 7 nitrogen and oxygen atoms in total. The van der Waals surface area contributed by atoms with Crippen LogP contribution >= 0.6 is 0 Å². The molecule has 2 N–H and O–H groups in total. The molecule has 3 aliphatic rings. The number of carboxylic acids is 1. The fraction of sp³-hybridized carbons (Fsp3) is 0.500. The topological polar surface area (TPSA) is 99.2 Å². The van der Waals surface area contributed by atoms with Crippen LogP contribution in [0.5, 0.6) is 0 Å². The SMILES string of the molecule is O=C(O)c1cccc(N2CCC3(CCc4c3nc(C3CC3)[nH]c4=O)CC2)n1. The summed E-state index contributed by atoms with van der Waals surface area (Å²) in [5.74, 6) is 1.01. The Hall–Kier alpha value is -2.70. The van der Waals surface area contributed by atoms with E-state index in [1.165, 1.54) is 6.07 Å². The molecule has 140 valence electrons. The van der Waals surface area contributed by atoms with Crippen molar-refractivity contribution in [3.8, 4) is 0 Å². The van der Waals surface area contributed by atoms with E-state index in [1.54, 1.807) is 6.07 Å². The highest BCUT2D eigenvalue weighted by Crippen LogP contribution is 2.46. The molecule has 5 rings (SSSR count). The van der Waals surface area contributed by atoms with Gasteiger partial charge in [0, 0.05) is 30.0 Å². The van der Waals surface area contributed by atoms with Crippen molar-refractivity contribution in [2.45, 2.75) is 49.9 Å².